The van der Waals surface area contributed by atoms with Crippen LogP contribution in [0.15, 0.2) is 6.07 Å². The van der Waals surface area contributed by atoms with Crippen molar-refractivity contribution in [3.8, 4) is 0 Å². The molecule has 0 fully saturated rings. The van der Waals surface area contributed by atoms with Crippen molar-refractivity contribution in [3.63, 3.8) is 0 Å². The van der Waals surface area contributed by atoms with Gasteiger partial charge in [0.2, 0.25) is 0 Å². The van der Waals surface area contributed by atoms with Crippen LogP contribution >= 0.6 is 0 Å². The largest absolute Gasteiger partial charge is 0.465 e. The van der Waals surface area contributed by atoms with Crippen molar-refractivity contribution < 1.29 is 14.7 Å². The third-order valence-electron chi connectivity index (χ3n) is 2.96. The van der Waals surface area contributed by atoms with Crippen molar-refractivity contribution >= 4 is 17.8 Å². The zero-order chi connectivity index (χ0) is 14.0. The van der Waals surface area contributed by atoms with Crippen LogP contribution in [0, 0.1) is 0 Å². The van der Waals surface area contributed by atoms with Gasteiger partial charge in [0.1, 0.15) is 5.82 Å². The van der Waals surface area contributed by atoms with E-state index < -0.39 is 6.09 Å². The van der Waals surface area contributed by atoms with Gasteiger partial charge >= 0.3 is 6.09 Å². The van der Waals surface area contributed by atoms with Crippen LogP contribution in [0.1, 0.15) is 21.6 Å². The van der Waals surface area contributed by atoms with Crippen molar-refractivity contribution in [3.05, 3.63) is 22.9 Å². The van der Waals surface area contributed by atoms with Gasteiger partial charge in [-0.3, -0.25) is 4.79 Å². The summed E-state index contributed by atoms with van der Waals surface area (Å²) in [4.78, 5) is 28.4. The highest BCUT2D eigenvalue weighted by atomic mass is 16.4. The summed E-state index contributed by atoms with van der Waals surface area (Å²) in [6.07, 6.45) is -0.597. The molecular formula is C12H16N4O3. The maximum atomic E-state index is 11.7. The molecule has 0 saturated carbocycles. The van der Waals surface area contributed by atoms with E-state index in [-0.39, 0.29) is 12.5 Å². The van der Waals surface area contributed by atoms with Crippen LogP contribution in [-0.2, 0) is 13.0 Å². The van der Waals surface area contributed by atoms with E-state index in [9.17, 15) is 9.59 Å². The molecule has 3 N–H and O–H groups in total. The lowest BCUT2D eigenvalue weighted by Crippen LogP contribution is -2.24. The highest BCUT2D eigenvalue weighted by molar-refractivity contribution is 5.99. The Morgan fingerprint density at radius 2 is 2.32 bits per heavy atom. The molecule has 0 unspecified atom stereocenters. The number of aromatic nitrogens is 1. The number of carbonyl (C=O) groups is 2. The molecule has 19 heavy (non-hydrogen) atoms. The van der Waals surface area contributed by atoms with Gasteiger partial charge in [-0.05, 0) is 6.07 Å². The molecule has 0 saturated heterocycles. The van der Waals surface area contributed by atoms with Gasteiger partial charge in [0.05, 0.1) is 5.69 Å². The van der Waals surface area contributed by atoms with E-state index in [0.29, 0.717) is 24.3 Å². The number of anilines is 1. The minimum atomic E-state index is -1.06. The summed E-state index contributed by atoms with van der Waals surface area (Å²) in [5, 5.41) is 13.6. The molecule has 0 radical (unpaired) electrons. The van der Waals surface area contributed by atoms with Gasteiger partial charge in [-0.15, -0.1) is 0 Å². The van der Waals surface area contributed by atoms with E-state index >= 15 is 0 Å². The van der Waals surface area contributed by atoms with Crippen LogP contribution in [0.3, 0.4) is 0 Å². The first kappa shape index (κ1) is 13.1. The van der Waals surface area contributed by atoms with Crippen LogP contribution in [0.4, 0.5) is 10.6 Å². The molecule has 0 aliphatic carbocycles. The second-order valence-corrected chi connectivity index (χ2v) is 4.51. The maximum Gasteiger partial charge on any atom is 0.404 e. The van der Waals surface area contributed by atoms with E-state index in [2.05, 4.69) is 15.6 Å². The Morgan fingerprint density at radius 3 is 2.95 bits per heavy atom. The molecule has 7 nitrogen and oxygen atoms in total. The molecule has 1 aliphatic rings. The first-order valence-electron chi connectivity index (χ1n) is 5.94. The predicted molar refractivity (Wildman–Crippen MR) is 69.5 cm³/mol. The molecule has 7 heteroatoms. The van der Waals surface area contributed by atoms with Gasteiger partial charge < -0.3 is 20.6 Å². The van der Waals surface area contributed by atoms with Crippen molar-refractivity contribution in [2.24, 2.45) is 0 Å². The minimum absolute atomic E-state index is 0.104. The fraction of sp³-hybridized carbons (Fsp3) is 0.417. The third kappa shape index (κ3) is 2.75. The molecule has 1 aliphatic heterocycles. The summed E-state index contributed by atoms with van der Waals surface area (Å²) in [6.45, 7) is 0.733. The highest BCUT2D eigenvalue weighted by Crippen LogP contribution is 2.23. The van der Waals surface area contributed by atoms with Gasteiger partial charge in [0, 0.05) is 44.7 Å². The van der Waals surface area contributed by atoms with Crippen molar-refractivity contribution in [1.29, 1.82) is 0 Å². The standard InChI is InChI=1S/C12H16N4O3/c1-16(2)10-5-7-8(6-14-11(7)17)9(15-10)3-4-13-12(18)19/h5,13H,3-4,6H2,1-2H3,(H,14,17)(H,18,19). The Hall–Kier alpha value is -2.31. The maximum absolute atomic E-state index is 11.7. The molecular weight excluding hydrogens is 248 g/mol. The predicted octanol–water partition coefficient (Wildman–Crippen LogP) is 0.201. The molecule has 2 heterocycles. The van der Waals surface area contributed by atoms with E-state index in [1.54, 1.807) is 6.07 Å². The third-order valence-corrected chi connectivity index (χ3v) is 2.96. The van der Waals surface area contributed by atoms with Crippen LogP contribution < -0.4 is 15.5 Å². The highest BCUT2D eigenvalue weighted by Gasteiger charge is 2.24. The van der Waals surface area contributed by atoms with Crippen LogP contribution in [0.2, 0.25) is 0 Å². The molecule has 0 aromatic carbocycles. The monoisotopic (exact) mass is 264 g/mol. The Kier molecular flexibility index (Phi) is 3.55. The number of rotatable bonds is 4. The first-order valence-corrected chi connectivity index (χ1v) is 5.94. The fourth-order valence-electron chi connectivity index (χ4n) is 2.00. The molecule has 0 bridgehead atoms. The number of fused-ring (bicyclic) bond motifs is 1. The zero-order valence-corrected chi connectivity index (χ0v) is 10.9. The summed E-state index contributed by atoms with van der Waals surface area (Å²) in [7, 11) is 3.70. The second-order valence-electron chi connectivity index (χ2n) is 4.51. The molecule has 1 aromatic heterocycles. The van der Waals surface area contributed by atoms with Gasteiger partial charge in [0.25, 0.3) is 5.91 Å². The average Bonchev–Trinajstić information content (AvgIpc) is 2.71. The minimum Gasteiger partial charge on any atom is -0.465 e. The van der Waals surface area contributed by atoms with Gasteiger partial charge in [-0.1, -0.05) is 0 Å². The van der Waals surface area contributed by atoms with Gasteiger partial charge in [-0.25, -0.2) is 9.78 Å². The smallest absolute Gasteiger partial charge is 0.404 e. The van der Waals surface area contributed by atoms with E-state index in [4.69, 9.17) is 5.11 Å². The first-order chi connectivity index (χ1) is 8.99. The molecule has 102 valence electrons. The number of nitrogens with zero attached hydrogens (tertiary/aromatic N) is 2. The Balaban J connectivity index is 2.28. The fourth-order valence-corrected chi connectivity index (χ4v) is 2.00. The van der Waals surface area contributed by atoms with Gasteiger partial charge in [0.15, 0.2) is 0 Å². The number of hydrogen-bond acceptors (Lipinski definition) is 4. The summed E-state index contributed by atoms with van der Waals surface area (Å²) in [5.41, 5.74) is 2.25. The summed E-state index contributed by atoms with van der Waals surface area (Å²) >= 11 is 0. The van der Waals surface area contributed by atoms with Crippen LogP contribution in [0.25, 0.3) is 0 Å². The number of nitrogens with one attached hydrogen (secondary N) is 2. The SMILES string of the molecule is CN(C)c1cc2c(c(CCNC(=O)O)n1)CNC2=O. The summed E-state index contributed by atoms with van der Waals surface area (Å²) in [5.74, 6) is 0.592. The lowest BCUT2D eigenvalue weighted by Gasteiger charge is -2.15. The molecule has 2 rings (SSSR count). The lowest BCUT2D eigenvalue weighted by atomic mass is 10.1. The number of hydrogen-bond donors (Lipinski definition) is 3. The number of carbonyl (C=O) groups excluding carboxylic acids is 1. The topological polar surface area (TPSA) is 94.6 Å². The lowest BCUT2D eigenvalue weighted by molar-refractivity contribution is 0.0965. The summed E-state index contributed by atoms with van der Waals surface area (Å²) < 4.78 is 0. The van der Waals surface area contributed by atoms with Crippen molar-refractivity contribution in [2.45, 2.75) is 13.0 Å². The van der Waals surface area contributed by atoms with Crippen molar-refractivity contribution in [2.75, 3.05) is 25.5 Å². The summed E-state index contributed by atoms with van der Waals surface area (Å²) in [6, 6.07) is 1.76. The Morgan fingerprint density at radius 1 is 1.58 bits per heavy atom. The molecule has 0 atom stereocenters. The molecule has 0 spiro atoms. The second kappa shape index (κ2) is 5.13. The average molecular weight is 264 g/mol. The van der Waals surface area contributed by atoms with Crippen molar-refractivity contribution in [1.82, 2.24) is 15.6 Å². The number of pyridine rings is 1. The van der Waals surface area contributed by atoms with Crippen LogP contribution in [-0.4, -0.2) is 42.7 Å². The number of carboxylic acid groups (broad SMARTS) is 1. The van der Waals surface area contributed by atoms with Gasteiger partial charge in [-0.2, -0.15) is 0 Å². The van der Waals surface area contributed by atoms with Crippen LogP contribution in [0.5, 0.6) is 0 Å². The Bertz CT molecular complexity index is 528. The number of amides is 2. The van der Waals surface area contributed by atoms with E-state index in [0.717, 1.165) is 11.3 Å². The quantitative estimate of drug-likeness (QED) is 0.722. The Labute approximate surface area is 110 Å². The molecule has 2 amide bonds. The molecule has 1 aromatic rings. The van der Waals surface area contributed by atoms with E-state index in [1.165, 1.54) is 0 Å². The normalized spacial score (nSPS) is 12.8. The van der Waals surface area contributed by atoms with E-state index in [1.807, 2.05) is 19.0 Å². The zero-order valence-electron chi connectivity index (χ0n) is 10.9.